The molecule has 26 heavy (non-hydrogen) atoms. The molecule has 3 aromatic rings. The summed E-state index contributed by atoms with van der Waals surface area (Å²) in [6.45, 7) is 0.426. The third-order valence-electron chi connectivity index (χ3n) is 3.65. The molecule has 5 nitrogen and oxygen atoms in total. The summed E-state index contributed by atoms with van der Waals surface area (Å²) in [4.78, 5) is 12.5. The molecule has 0 bridgehead atoms. The molecule has 0 saturated carbocycles. The number of anilines is 1. The first-order valence-corrected chi connectivity index (χ1v) is 8.72. The molecule has 0 aliphatic heterocycles. The van der Waals surface area contributed by atoms with E-state index in [2.05, 4.69) is 10.4 Å². The van der Waals surface area contributed by atoms with Gasteiger partial charge in [0.2, 0.25) is 0 Å². The van der Waals surface area contributed by atoms with Gasteiger partial charge >= 0.3 is 0 Å². The van der Waals surface area contributed by atoms with E-state index < -0.39 is 5.91 Å². The molecule has 1 N–H and O–H groups in total. The van der Waals surface area contributed by atoms with E-state index in [4.69, 9.17) is 39.5 Å². The summed E-state index contributed by atoms with van der Waals surface area (Å²) in [6, 6.07) is 12.2. The number of ether oxygens (including phenoxy) is 1. The van der Waals surface area contributed by atoms with E-state index in [1.165, 1.54) is 13.2 Å². The van der Waals surface area contributed by atoms with Crippen LogP contribution in [-0.4, -0.2) is 22.8 Å². The minimum atomic E-state index is -0.422. The number of hydrogen-bond donors (Lipinski definition) is 1. The zero-order valence-corrected chi connectivity index (χ0v) is 15.9. The monoisotopic (exact) mass is 409 g/mol. The van der Waals surface area contributed by atoms with E-state index in [1.807, 2.05) is 18.2 Å². The summed E-state index contributed by atoms with van der Waals surface area (Å²) in [5.41, 5.74) is 1.18. The van der Waals surface area contributed by atoms with Gasteiger partial charge in [0, 0.05) is 16.2 Å². The Morgan fingerprint density at radius 2 is 1.92 bits per heavy atom. The van der Waals surface area contributed by atoms with Crippen molar-refractivity contribution in [1.29, 1.82) is 0 Å². The van der Waals surface area contributed by atoms with Gasteiger partial charge in [0.05, 0.1) is 19.2 Å². The third kappa shape index (κ3) is 4.12. The summed E-state index contributed by atoms with van der Waals surface area (Å²) < 4.78 is 6.80. The van der Waals surface area contributed by atoms with Gasteiger partial charge in [-0.15, -0.1) is 0 Å². The van der Waals surface area contributed by atoms with Gasteiger partial charge < -0.3 is 10.1 Å². The van der Waals surface area contributed by atoms with Gasteiger partial charge in [0.1, 0.15) is 10.8 Å². The Hall–Kier alpha value is -2.21. The molecule has 8 heteroatoms. The maximum absolute atomic E-state index is 12.5. The number of hydrogen-bond acceptors (Lipinski definition) is 3. The van der Waals surface area contributed by atoms with Crippen LogP contribution in [0.5, 0.6) is 5.75 Å². The first kappa shape index (κ1) is 18.6. The van der Waals surface area contributed by atoms with Crippen molar-refractivity contribution >= 4 is 46.5 Å². The van der Waals surface area contributed by atoms with E-state index in [9.17, 15) is 4.79 Å². The highest BCUT2D eigenvalue weighted by atomic mass is 35.5. The number of amides is 1. The fraction of sp³-hybridized carbons (Fsp3) is 0.111. The summed E-state index contributed by atoms with van der Waals surface area (Å²) >= 11 is 18.3. The topological polar surface area (TPSA) is 56.1 Å². The number of rotatable bonds is 5. The van der Waals surface area contributed by atoms with Gasteiger partial charge in [-0.25, -0.2) is 0 Å². The van der Waals surface area contributed by atoms with Crippen molar-refractivity contribution in [3.63, 3.8) is 0 Å². The van der Waals surface area contributed by atoms with Crippen LogP contribution < -0.4 is 10.1 Å². The highest BCUT2D eigenvalue weighted by Crippen LogP contribution is 2.26. The molecule has 0 aliphatic carbocycles. The Bertz CT molecular complexity index is 957. The highest BCUT2D eigenvalue weighted by molar-refractivity contribution is 6.34. The number of carbonyl (C=O) groups excluding carboxylic acids is 1. The highest BCUT2D eigenvalue weighted by Gasteiger charge is 2.17. The van der Waals surface area contributed by atoms with Gasteiger partial charge in [-0.3, -0.25) is 9.48 Å². The van der Waals surface area contributed by atoms with Crippen molar-refractivity contribution in [1.82, 2.24) is 9.78 Å². The lowest BCUT2D eigenvalue weighted by molar-refractivity contribution is 0.102. The molecule has 3 rings (SSSR count). The Morgan fingerprint density at radius 1 is 1.15 bits per heavy atom. The Labute approximate surface area is 165 Å². The lowest BCUT2D eigenvalue weighted by atomic mass is 10.2. The molecule has 0 aliphatic rings. The van der Waals surface area contributed by atoms with E-state index in [-0.39, 0.29) is 11.4 Å². The Balaban J connectivity index is 1.81. The number of aromatic nitrogens is 2. The summed E-state index contributed by atoms with van der Waals surface area (Å²) in [7, 11) is 1.48. The van der Waals surface area contributed by atoms with E-state index in [1.54, 1.807) is 29.1 Å². The lowest BCUT2D eigenvalue weighted by Crippen LogP contribution is -2.14. The molecular formula is C18H14Cl3N3O2. The fourth-order valence-corrected chi connectivity index (χ4v) is 2.96. The van der Waals surface area contributed by atoms with Crippen molar-refractivity contribution in [2.45, 2.75) is 6.54 Å². The van der Waals surface area contributed by atoms with Crippen LogP contribution in [0.3, 0.4) is 0 Å². The average Bonchev–Trinajstić information content (AvgIpc) is 2.96. The molecule has 0 atom stereocenters. The van der Waals surface area contributed by atoms with Gasteiger partial charge in [-0.1, -0.05) is 53.0 Å². The molecule has 134 valence electrons. The largest absolute Gasteiger partial charge is 0.496 e. The number of nitrogens with zero attached hydrogens (tertiary/aromatic N) is 2. The average molecular weight is 411 g/mol. The second-order valence-electron chi connectivity index (χ2n) is 5.41. The molecule has 1 amide bonds. The molecule has 0 unspecified atom stereocenters. The number of benzene rings is 2. The summed E-state index contributed by atoms with van der Waals surface area (Å²) in [6.07, 6.45) is 1.62. The van der Waals surface area contributed by atoms with Gasteiger partial charge in [-0.05, 0) is 29.8 Å². The smallest absolute Gasteiger partial charge is 0.260 e. The standard InChI is InChI=1S/C18H14Cl3N3O2/c1-26-16-7-6-12(19)8-13(16)18(25)22-17-15(21)10-24(23-17)9-11-4-2-3-5-14(11)20/h2-8,10H,9H2,1H3,(H,22,23,25). The lowest BCUT2D eigenvalue weighted by Gasteiger charge is -2.08. The second kappa shape index (κ2) is 7.99. The van der Waals surface area contributed by atoms with Crippen LogP contribution >= 0.6 is 34.8 Å². The fourth-order valence-electron chi connectivity index (χ4n) is 2.40. The first-order valence-electron chi connectivity index (χ1n) is 7.59. The number of carbonyl (C=O) groups is 1. The minimum absolute atomic E-state index is 0.241. The van der Waals surface area contributed by atoms with Gasteiger partial charge in [0.15, 0.2) is 5.82 Å². The van der Waals surface area contributed by atoms with Crippen LogP contribution in [0.1, 0.15) is 15.9 Å². The number of halogens is 3. The summed E-state index contributed by atoms with van der Waals surface area (Å²) in [5, 5.41) is 8.35. The normalized spacial score (nSPS) is 10.6. The third-order valence-corrected chi connectivity index (χ3v) is 4.53. The van der Waals surface area contributed by atoms with Crippen LogP contribution in [0.15, 0.2) is 48.7 Å². The first-order chi connectivity index (χ1) is 12.5. The molecular weight excluding hydrogens is 397 g/mol. The van der Waals surface area contributed by atoms with Crippen LogP contribution in [0.4, 0.5) is 5.82 Å². The predicted molar refractivity (Wildman–Crippen MR) is 104 cm³/mol. The maximum Gasteiger partial charge on any atom is 0.260 e. The predicted octanol–water partition coefficient (Wildman–Crippen LogP) is 5.15. The van der Waals surface area contributed by atoms with Crippen molar-refractivity contribution in [2.75, 3.05) is 12.4 Å². The molecule has 0 saturated heterocycles. The van der Waals surface area contributed by atoms with Crippen molar-refractivity contribution in [3.05, 3.63) is 74.9 Å². The Kier molecular flexibility index (Phi) is 5.71. The summed E-state index contributed by atoms with van der Waals surface area (Å²) in [5.74, 6) is 0.221. The molecule has 1 aromatic heterocycles. The van der Waals surface area contributed by atoms with Crippen LogP contribution in [0.2, 0.25) is 15.1 Å². The van der Waals surface area contributed by atoms with Gasteiger partial charge in [-0.2, -0.15) is 5.10 Å². The van der Waals surface area contributed by atoms with Crippen LogP contribution in [0.25, 0.3) is 0 Å². The minimum Gasteiger partial charge on any atom is -0.496 e. The van der Waals surface area contributed by atoms with Crippen LogP contribution in [0, 0.1) is 0 Å². The molecule has 0 fully saturated rings. The molecule has 1 heterocycles. The number of methoxy groups -OCH3 is 1. The number of nitrogens with one attached hydrogen (secondary N) is 1. The molecule has 0 spiro atoms. The maximum atomic E-state index is 12.5. The van der Waals surface area contributed by atoms with Crippen LogP contribution in [-0.2, 0) is 6.54 Å². The van der Waals surface area contributed by atoms with Crippen molar-refractivity contribution < 1.29 is 9.53 Å². The van der Waals surface area contributed by atoms with Gasteiger partial charge in [0.25, 0.3) is 5.91 Å². The SMILES string of the molecule is COc1ccc(Cl)cc1C(=O)Nc1nn(Cc2ccccc2Cl)cc1Cl. The van der Waals surface area contributed by atoms with E-state index in [0.717, 1.165) is 5.56 Å². The quantitative estimate of drug-likeness (QED) is 0.632. The van der Waals surface area contributed by atoms with Crippen molar-refractivity contribution in [3.8, 4) is 5.75 Å². The van der Waals surface area contributed by atoms with E-state index >= 15 is 0 Å². The van der Waals surface area contributed by atoms with Crippen molar-refractivity contribution in [2.24, 2.45) is 0 Å². The zero-order valence-electron chi connectivity index (χ0n) is 13.7. The molecule has 2 aromatic carbocycles. The van der Waals surface area contributed by atoms with E-state index in [0.29, 0.717) is 27.4 Å². The second-order valence-corrected chi connectivity index (χ2v) is 6.66. The molecule has 0 radical (unpaired) electrons. The Morgan fingerprint density at radius 3 is 2.65 bits per heavy atom. The zero-order chi connectivity index (χ0) is 18.7.